The fraction of sp³-hybridized carbons (Fsp3) is 0.100. The van der Waals surface area contributed by atoms with Crippen molar-refractivity contribution in [1.29, 1.82) is 0 Å². The molecule has 2 aliphatic rings. The van der Waals surface area contributed by atoms with Crippen molar-refractivity contribution in [1.82, 2.24) is 20.6 Å². The van der Waals surface area contributed by atoms with Crippen molar-refractivity contribution >= 4 is 22.1 Å². The van der Waals surface area contributed by atoms with Crippen LogP contribution in [-0.4, -0.2) is 20.6 Å². The van der Waals surface area contributed by atoms with E-state index in [2.05, 4.69) is 20.6 Å². The zero-order valence-corrected chi connectivity index (χ0v) is 14.1. The smallest absolute Gasteiger partial charge is 0.143 e. The molecule has 2 aromatic heterocycles. The number of nitrogens with zero attached hydrogens (tertiary/aromatic N) is 4. The van der Waals surface area contributed by atoms with Crippen LogP contribution in [0.15, 0.2) is 33.5 Å². The van der Waals surface area contributed by atoms with Gasteiger partial charge < -0.3 is 0 Å². The molecule has 8 heteroatoms. The van der Waals surface area contributed by atoms with E-state index in [0.717, 1.165) is 11.1 Å². The molecule has 0 spiro atoms. The highest BCUT2D eigenvalue weighted by Crippen LogP contribution is 2.51. The summed E-state index contributed by atoms with van der Waals surface area (Å²) < 4.78 is 41.1. The lowest BCUT2D eigenvalue weighted by Crippen LogP contribution is -1.99. The van der Waals surface area contributed by atoms with E-state index in [0.29, 0.717) is 44.3 Å². The van der Waals surface area contributed by atoms with Crippen molar-refractivity contribution in [3.63, 3.8) is 0 Å². The fourth-order valence-corrected chi connectivity index (χ4v) is 4.66. The van der Waals surface area contributed by atoms with Crippen LogP contribution in [-0.2, 0) is 12.8 Å². The van der Waals surface area contributed by atoms with Crippen molar-refractivity contribution in [2.75, 3.05) is 0 Å². The highest BCUT2D eigenvalue weighted by atomic mass is 19.1. The van der Waals surface area contributed by atoms with Crippen molar-refractivity contribution < 1.29 is 18.0 Å². The molecule has 0 amide bonds. The summed E-state index contributed by atoms with van der Waals surface area (Å²) in [6.07, 6.45) is 0.567. The summed E-state index contributed by atoms with van der Waals surface area (Å²) in [5, 5.41) is 15.5. The Labute approximate surface area is 154 Å². The first-order valence-corrected chi connectivity index (χ1v) is 8.74. The van der Waals surface area contributed by atoms with Crippen LogP contribution in [0.3, 0.4) is 0 Å². The normalized spacial score (nSPS) is 13.8. The van der Waals surface area contributed by atoms with E-state index in [1.165, 1.54) is 0 Å². The van der Waals surface area contributed by atoms with Gasteiger partial charge in [-0.1, -0.05) is 12.1 Å². The monoisotopic (exact) mass is 374 g/mol. The molecular weight excluding hydrogens is 366 g/mol. The van der Waals surface area contributed by atoms with Crippen LogP contribution in [0, 0.1) is 11.6 Å². The third-order valence-corrected chi connectivity index (χ3v) is 5.84. The second-order valence-electron chi connectivity index (χ2n) is 7.15. The number of hydrogen-bond acceptors (Lipinski definition) is 6. The zero-order chi connectivity index (χ0) is 18.6. The summed E-state index contributed by atoms with van der Waals surface area (Å²) in [5.41, 5.74) is 5.85. The summed E-state index contributed by atoms with van der Waals surface area (Å²) in [6.45, 7) is 0. The van der Waals surface area contributed by atoms with E-state index >= 15 is 8.78 Å². The van der Waals surface area contributed by atoms with Gasteiger partial charge in [-0.05, 0) is 43.9 Å². The molecule has 0 unspecified atom stereocenters. The van der Waals surface area contributed by atoms with Gasteiger partial charge >= 0.3 is 0 Å². The summed E-state index contributed by atoms with van der Waals surface area (Å²) in [7, 11) is 0. The number of benzene rings is 3. The SMILES string of the molecule is Fc1c2c(c(F)c3c1-c1c(ccc4nonc14)C3)-c1c(ccc3nonc13)C2. The molecule has 6 nitrogen and oxygen atoms in total. The maximum absolute atomic E-state index is 15.8. The van der Waals surface area contributed by atoms with Gasteiger partial charge in [-0.2, -0.15) is 0 Å². The van der Waals surface area contributed by atoms with E-state index in [9.17, 15) is 0 Å². The van der Waals surface area contributed by atoms with E-state index in [-0.39, 0.29) is 24.0 Å². The van der Waals surface area contributed by atoms with E-state index in [1.54, 1.807) is 12.1 Å². The van der Waals surface area contributed by atoms with Crippen LogP contribution >= 0.6 is 0 Å². The minimum Gasteiger partial charge on any atom is -0.243 e. The highest BCUT2D eigenvalue weighted by Gasteiger charge is 2.37. The number of hydrogen-bond donors (Lipinski definition) is 0. The van der Waals surface area contributed by atoms with Gasteiger partial charge in [0.25, 0.3) is 0 Å². The fourth-order valence-electron chi connectivity index (χ4n) is 4.66. The van der Waals surface area contributed by atoms with Gasteiger partial charge in [-0.3, -0.25) is 0 Å². The molecule has 2 heterocycles. The van der Waals surface area contributed by atoms with Gasteiger partial charge in [0.2, 0.25) is 0 Å². The molecule has 0 atom stereocenters. The summed E-state index contributed by atoms with van der Waals surface area (Å²) in [4.78, 5) is 0. The Balaban J connectivity index is 1.61. The zero-order valence-electron chi connectivity index (χ0n) is 14.1. The molecular formula is C20H8F2N4O2. The molecule has 3 aromatic carbocycles. The van der Waals surface area contributed by atoms with Gasteiger partial charge in [-0.25, -0.2) is 18.0 Å². The van der Waals surface area contributed by atoms with Crippen LogP contribution in [0.1, 0.15) is 22.3 Å². The minimum atomic E-state index is -0.429. The van der Waals surface area contributed by atoms with Crippen LogP contribution in [0.25, 0.3) is 44.3 Å². The standard InChI is InChI=1S/C20H8F2N4O2/c21-17-9-5-7-1-3-11-19(25-27-23-11)13(7)15(9)18(22)10-6-8-2-4-12-20(26-28-24-12)14(8)16(10)17/h1-4H,5-6H2. The largest absolute Gasteiger partial charge is 0.243 e. The second-order valence-corrected chi connectivity index (χ2v) is 7.15. The molecule has 0 bridgehead atoms. The third kappa shape index (κ3) is 1.50. The van der Waals surface area contributed by atoms with Crippen molar-refractivity contribution in [2.24, 2.45) is 0 Å². The summed E-state index contributed by atoms with van der Waals surface area (Å²) in [6, 6.07) is 7.14. The summed E-state index contributed by atoms with van der Waals surface area (Å²) >= 11 is 0. The average Bonchev–Trinajstić information content (AvgIpc) is 3.47. The Morgan fingerprint density at radius 2 is 1.07 bits per heavy atom. The first-order valence-electron chi connectivity index (χ1n) is 8.74. The molecule has 2 aliphatic carbocycles. The van der Waals surface area contributed by atoms with Crippen LogP contribution < -0.4 is 0 Å². The Kier molecular flexibility index (Phi) is 2.36. The number of halogens is 2. The first kappa shape index (κ1) is 14.4. The molecule has 28 heavy (non-hydrogen) atoms. The molecule has 0 fully saturated rings. The molecule has 5 aromatic rings. The van der Waals surface area contributed by atoms with Crippen molar-refractivity contribution in [3.8, 4) is 22.3 Å². The third-order valence-electron chi connectivity index (χ3n) is 5.84. The van der Waals surface area contributed by atoms with Crippen LogP contribution in [0.4, 0.5) is 8.78 Å². The predicted molar refractivity (Wildman–Crippen MR) is 93.6 cm³/mol. The molecule has 7 rings (SSSR count). The second kappa shape index (κ2) is 4.59. The predicted octanol–water partition coefficient (Wildman–Crippen LogP) is 4.18. The highest BCUT2D eigenvalue weighted by molar-refractivity contribution is 6.01. The van der Waals surface area contributed by atoms with Gasteiger partial charge in [0.1, 0.15) is 33.7 Å². The maximum Gasteiger partial charge on any atom is 0.143 e. The van der Waals surface area contributed by atoms with Gasteiger partial charge in [0.05, 0.1) is 0 Å². The molecule has 0 aliphatic heterocycles. The Bertz CT molecular complexity index is 1390. The van der Waals surface area contributed by atoms with E-state index in [1.807, 2.05) is 12.1 Å². The Hall–Kier alpha value is -3.68. The van der Waals surface area contributed by atoms with Crippen LogP contribution in [0.5, 0.6) is 0 Å². The first-order chi connectivity index (χ1) is 13.7. The van der Waals surface area contributed by atoms with Gasteiger partial charge in [0, 0.05) is 46.2 Å². The minimum absolute atomic E-state index is 0.259. The van der Waals surface area contributed by atoms with Gasteiger partial charge in [0.15, 0.2) is 0 Å². The maximum atomic E-state index is 15.8. The van der Waals surface area contributed by atoms with E-state index in [4.69, 9.17) is 9.26 Å². The topological polar surface area (TPSA) is 77.8 Å². The quantitative estimate of drug-likeness (QED) is 0.396. The lowest BCUT2D eigenvalue weighted by molar-refractivity contribution is 0.315. The molecule has 0 saturated heterocycles. The van der Waals surface area contributed by atoms with Crippen LogP contribution in [0.2, 0.25) is 0 Å². The van der Waals surface area contributed by atoms with Crippen molar-refractivity contribution in [2.45, 2.75) is 12.8 Å². The molecule has 134 valence electrons. The van der Waals surface area contributed by atoms with Crippen molar-refractivity contribution in [3.05, 3.63) is 58.2 Å². The number of rotatable bonds is 0. The Morgan fingerprint density at radius 1 is 0.607 bits per heavy atom. The summed E-state index contributed by atoms with van der Waals surface area (Å²) in [5.74, 6) is -0.858. The van der Waals surface area contributed by atoms with E-state index < -0.39 is 11.6 Å². The molecule has 0 radical (unpaired) electrons. The average molecular weight is 374 g/mol. The van der Waals surface area contributed by atoms with Gasteiger partial charge in [-0.15, -0.1) is 0 Å². The molecule has 0 saturated carbocycles. The number of aromatic nitrogens is 4. The lowest BCUT2D eigenvalue weighted by Gasteiger charge is -2.11. The number of fused-ring (bicyclic) bond motifs is 10. The Morgan fingerprint density at radius 3 is 1.54 bits per heavy atom. The molecule has 0 N–H and O–H groups in total. The lowest BCUT2D eigenvalue weighted by atomic mass is 9.95.